The van der Waals surface area contributed by atoms with Crippen LogP contribution < -0.4 is 0 Å². The quantitative estimate of drug-likeness (QED) is 0.519. The zero-order chi connectivity index (χ0) is 22.6. The maximum Gasteiger partial charge on any atom is 0.225 e. The lowest BCUT2D eigenvalue weighted by Crippen LogP contribution is -2.47. The molecular formula is C24H29N5O3S. The summed E-state index contributed by atoms with van der Waals surface area (Å²) in [7, 11) is 0. The van der Waals surface area contributed by atoms with Crippen LogP contribution in [0.25, 0.3) is 11.6 Å². The molecule has 8 nitrogen and oxygen atoms in total. The average molecular weight is 468 g/mol. The molecule has 9 heteroatoms. The monoisotopic (exact) mass is 467 g/mol. The molecule has 0 spiro atoms. The van der Waals surface area contributed by atoms with E-state index in [4.69, 9.17) is 26.5 Å². The van der Waals surface area contributed by atoms with Gasteiger partial charge in [0, 0.05) is 32.1 Å². The van der Waals surface area contributed by atoms with Crippen LogP contribution in [0.4, 0.5) is 0 Å². The lowest BCUT2D eigenvalue weighted by atomic mass is 9.95. The van der Waals surface area contributed by atoms with E-state index < -0.39 is 0 Å². The van der Waals surface area contributed by atoms with Gasteiger partial charge >= 0.3 is 0 Å². The Kier molecular flexibility index (Phi) is 6.70. The van der Waals surface area contributed by atoms with Gasteiger partial charge in [-0.1, -0.05) is 30.3 Å². The molecule has 0 N–H and O–H groups in total. The number of aromatic nitrogens is 3. The number of benzene rings is 1. The Morgan fingerprint density at radius 3 is 2.48 bits per heavy atom. The predicted molar refractivity (Wildman–Crippen MR) is 126 cm³/mol. The number of carbonyl (C=O) groups is 1. The highest BCUT2D eigenvalue weighted by Crippen LogP contribution is 2.23. The molecule has 33 heavy (non-hydrogen) atoms. The van der Waals surface area contributed by atoms with Gasteiger partial charge in [-0.2, -0.15) is 0 Å². The minimum Gasteiger partial charge on any atom is -0.461 e. The SMILES string of the molecule is O=C(C1CCN(Cn2nc(-c3ccco3)n(Cc3ccccc3)c2=S)CC1)N1CCOCC1. The summed E-state index contributed by atoms with van der Waals surface area (Å²) in [5, 5.41) is 4.82. The molecule has 1 amide bonds. The van der Waals surface area contributed by atoms with Gasteiger partial charge in [-0.25, -0.2) is 4.68 Å². The Morgan fingerprint density at radius 1 is 1.03 bits per heavy atom. The third kappa shape index (κ3) is 4.95. The van der Waals surface area contributed by atoms with Crippen LogP contribution in [-0.4, -0.2) is 69.4 Å². The molecule has 0 unspecified atom stereocenters. The minimum atomic E-state index is 0.0987. The maximum absolute atomic E-state index is 12.8. The van der Waals surface area contributed by atoms with Gasteiger partial charge < -0.3 is 14.1 Å². The van der Waals surface area contributed by atoms with Crippen LogP contribution in [0.2, 0.25) is 0 Å². The first-order valence-electron chi connectivity index (χ1n) is 11.5. The number of nitrogens with zero attached hydrogens (tertiary/aromatic N) is 5. The Bertz CT molecular complexity index is 1110. The fourth-order valence-electron chi connectivity index (χ4n) is 4.58. The highest BCUT2D eigenvalue weighted by atomic mass is 32.1. The van der Waals surface area contributed by atoms with E-state index in [9.17, 15) is 4.79 Å². The van der Waals surface area contributed by atoms with Crippen molar-refractivity contribution in [2.24, 2.45) is 5.92 Å². The van der Waals surface area contributed by atoms with Crippen LogP contribution in [0.15, 0.2) is 53.1 Å². The number of hydrogen-bond donors (Lipinski definition) is 0. The highest BCUT2D eigenvalue weighted by Gasteiger charge is 2.30. The van der Waals surface area contributed by atoms with Crippen molar-refractivity contribution >= 4 is 18.1 Å². The number of morpholine rings is 1. The molecule has 2 aromatic heterocycles. The zero-order valence-electron chi connectivity index (χ0n) is 18.6. The fourth-order valence-corrected chi connectivity index (χ4v) is 4.83. The number of ether oxygens (including phenoxy) is 1. The van der Waals surface area contributed by atoms with Crippen LogP contribution in [0.3, 0.4) is 0 Å². The van der Waals surface area contributed by atoms with Crippen LogP contribution >= 0.6 is 12.2 Å². The molecule has 0 radical (unpaired) electrons. The summed E-state index contributed by atoms with van der Waals surface area (Å²) in [4.78, 5) is 17.1. The summed E-state index contributed by atoms with van der Waals surface area (Å²) in [6, 6.07) is 14.0. The average Bonchev–Trinajstić information content (AvgIpc) is 3.50. The second kappa shape index (κ2) is 10.0. The topological polar surface area (TPSA) is 68.7 Å². The normalized spacial score (nSPS) is 18.0. The van der Waals surface area contributed by atoms with Crippen molar-refractivity contribution in [2.45, 2.75) is 26.1 Å². The van der Waals surface area contributed by atoms with E-state index in [0.29, 0.717) is 50.0 Å². The summed E-state index contributed by atoms with van der Waals surface area (Å²) in [5.74, 6) is 1.81. The lowest BCUT2D eigenvalue weighted by Gasteiger charge is -2.35. The molecule has 0 bridgehead atoms. The van der Waals surface area contributed by atoms with Crippen molar-refractivity contribution in [3.63, 3.8) is 0 Å². The van der Waals surface area contributed by atoms with Crippen LogP contribution in [-0.2, 0) is 22.7 Å². The number of amides is 1. The largest absolute Gasteiger partial charge is 0.461 e. The number of carbonyl (C=O) groups excluding carboxylic acids is 1. The molecule has 2 aliphatic rings. The molecule has 0 atom stereocenters. The molecule has 174 valence electrons. The number of furan rings is 1. The first-order chi connectivity index (χ1) is 16.2. The number of hydrogen-bond acceptors (Lipinski definition) is 6. The Balaban J connectivity index is 1.28. The first kappa shape index (κ1) is 22.1. The van der Waals surface area contributed by atoms with Gasteiger partial charge in [-0.05, 0) is 42.8 Å². The molecule has 1 aromatic carbocycles. The van der Waals surface area contributed by atoms with E-state index in [2.05, 4.69) is 17.0 Å². The summed E-state index contributed by atoms with van der Waals surface area (Å²) in [5.41, 5.74) is 1.16. The second-order valence-corrected chi connectivity index (χ2v) is 8.99. The van der Waals surface area contributed by atoms with E-state index in [0.717, 1.165) is 37.3 Å². The first-order valence-corrected chi connectivity index (χ1v) is 11.9. The van der Waals surface area contributed by atoms with Crippen LogP contribution in [0.5, 0.6) is 0 Å². The Hall–Kier alpha value is -2.75. The van der Waals surface area contributed by atoms with Crippen LogP contribution in [0.1, 0.15) is 18.4 Å². The number of rotatable bonds is 6. The van der Waals surface area contributed by atoms with Gasteiger partial charge in [0.25, 0.3) is 0 Å². The van der Waals surface area contributed by atoms with Crippen molar-refractivity contribution < 1.29 is 13.9 Å². The standard InChI is InChI=1S/C24H29N5O3S/c30-23(27-12-15-31-16-13-27)20-8-10-26(11-9-20)18-29-24(33)28(17-19-5-2-1-3-6-19)22(25-29)21-7-4-14-32-21/h1-7,14,20H,8-13,15-18H2. The number of likely N-dealkylation sites (tertiary alicyclic amines) is 1. The molecule has 0 saturated carbocycles. The minimum absolute atomic E-state index is 0.0987. The van der Waals surface area contributed by atoms with E-state index in [1.165, 1.54) is 0 Å². The second-order valence-electron chi connectivity index (χ2n) is 8.63. The van der Waals surface area contributed by atoms with Crippen molar-refractivity contribution in [3.05, 3.63) is 59.1 Å². The summed E-state index contributed by atoms with van der Waals surface area (Å²) >= 11 is 5.83. The van der Waals surface area contributed by atoms with Crippen molar-refractivity contribution in [1.82, 2.24) is 24.1 Å². The molecule has 5 rings (SSSR count). The van der Waals surface area contributed by atoms with Crippen molar-refractivity contribution in [3.8, 4) is 11.6 Å². The summed E-state index contributed by atoms with van der Waals surface area (Å²) in [6.45, 7) is 5.65. The highest BCUT2D eigenvalue weighted by molar-refractivity contribution is 7.71. The fraction of sp³-hybridized carbons (Fsp3) is 0.458. The van der Waals surface area contributed by atoms with E-state index >= 15 is 0 Å². The zero-order valence-corrected chi connectivity index (χ0v) is 19.5. The summed E-state index contributed by atoms with van der Waals surface area (Å²) < 4.78 is 15.6. The molecule has 3 aromatic rings. The van der Waals surface area contributed by atoms with E-state index in [1.54, 1.807) is 6.26 Å². The van der Waals surface area contributed by atoms with E-state index in [-0.39, 0.29) is 11.8 Å². The van der Waals surface area contributed by atoms with Gasteiger partial charge in [0.2, 0.25) is 5.91 Å². The molecule has 4 heterocycles. The Morgan fingerprint density at radius 2 is 1.79 bits per heavy atom. The van der Waals surface area contributed by atoms with Gasteiger partial charge in [0.05, 0.1) is 32.7 Å². The predicted octanol–water partition coefficient (Wildman–Crippen LogP) is 3.25. The molecular weight excluding hydrogens is 438 g/mol. The third-order valence-corrected chi connectivity index (χ3v) is 6.87. The van der Waals surface area contributed by atoms with Gasteiger partial charge in [-0.15, -0.1) is 5.10 Å². The summed E-state index contributed by atoms with van der Waals surface area (Å²) in [6.07, 6.45) is 3.37. The maximum atomic E-state index is 12.8. The Labute approximate surface area is 198 Å². The van der Waals surface area contributed by atoms with Crippen LogP contribution in [0, 0.1) is 10.7 Å². The van der Waals surface area contributed by atoms with E-state index in [1.807, 2.05) is 44.5 Å². The number of piperidine rings is 1. The lowest BCUT2D eigenvalue weighted by molar-refractivity contribution is -0.141. The molecule has 2 aliphatic heterocycles. The molecule has 0 aliphatic carbocycles. The van der Waals surface area contributed by atoms with Gasteiger partial charge in [0.15, 0.2) is 16.4 Å². The molecule has 2 saturated heterocycles. The smallest absolute Gasteiger partial charge is 0.225 e. The van der Waals surface area contributed by atoms with Crippen molar-refractivity contribution in [1.29, 1.82) is 0 Å². The van der Waals surface area contributed by atoms with Crippen molar-refractivity contribution in [2.75, 3.05) is 39.4 Å². The van der Waals surface area contributed by atoms with Gasteiger partial charge in [-0.3, -0.25) is 14.3 Å². The van der Waals surface area contributed by atoms with Gasteiger partial charge in [0.1, 0.15) is 0 Å². The third-order valence-electron chi connectivity index (χ3n) is 6.44. The molecule has 2 fully saturated rings.